The van der Waals surface area contributed by atoms with Gasteiger partial charge in [0, 0.05) is 0 Å². The minimum absolute atomic E-state index is 0.0165. The fourth-order valence-corrected chi connectivity index (χ4v) is 2.47. The van der Waals surface area contributed by atoms with Crippen LogP contribution in [0.1, 0.15) is 24.8 Å². The van der Waals surface area contributed by atoms with Crippen molar-refractivity contribution in [2.75, 3.05) is 13.2 Å². The number of carbonyl (C=O) groups is 2. The first-order valence-corrected chi connectivity index (χ1v) is 8.15. The molecule has 2 rings (SSSR count). The van der Waals surface area contributed by atoms with Crippen LogP contribution in [0.4, 0.5) is 4.79 Å². The lowest BCUT2D eigenvalue weighted by Gasteiger charge is -2.31. The Balaban J connectivity index is 1.89. The number of aliphatic hydroxyl groups excluding tert-OH is 1. The Kier molecular flexibility index (Phi) is 7.65. The number of carboxylic acid groups (broad SMARTS) is 1. The van der Waals surface area contributed by atoms with Crippen LogP contribution >= 0.6 is 0 Å². The zero-order valence-electron chi connectivity index (χ0n) is 13.8. The molecule has 8 heteroatoms. The van der Waals surface area contributed by atoms with Gasteiger partial charge in [-0.3, -0.25) is 4.79 Å². The average molecular weight is 353 g/mol. The van der Waals surface area contributed by atoms with Gasteiger partial charge >= 0.3 is 12.1 Å². The molecule has 1 saturated heterocycles. The SMILES string of the molecule is O=C(O)CC(O)CC(NC(=O)OCc1ccccc1)C1OCCCO1. The van der Waals surface area contributed by atoms with E-state index < -0.39 is 36.9 Å². The molecule has 3 N–H and O–H groups in total. The number of carbonyl (C=O) groups excluding carboxylic acids is 1. The van der Waals surface area contributed by atoms with Crippen LogP contribution in [0, 0.1) is 0 Å². The third kappa shape index (κ3) is 7.08. The van der Waals surface area contributed by atoms with E-state index in [1.807, 2.05) is 30.3 Å². The molecule has 0 saturated carbocycles. The summed E-state index contributed by atoms with van der Waals surface area (Å²) < 4.78 is 16.1. The summed E-state index contributed by atoms with van der Waals surface area (Å²) in [4.78, 5) is 22.7. The number of nitrogens with one attached hydrogen (secondary N) is 1. The predicted molar refractivity (Wildman–Crippen MR) is 86.7 cm³/mol. The number of ether oxygens (including phenoxy) is 3. The number of rotatable bonds is 8. The van der Waals surface area contributed by atoms with E-state index in [-0.39, 0.29) is 13.0 Å². The Hall–Kier alpha value is -2.16. The van der Waals surface area contributed by atoms with Gasteiger partial charge in [0.1, 0.15) is 6.61 Å². The van der Waals surface area contributed by atoms with Crippen LogP contribution < -0.4 is 5.32 Å². The highest BCUT2D eigenvalue weighted by Gasteiger charge is 2.30. The standard InChI is InChI=1S/C17H23NO7/c19-13(10-15(20)21)9-14(16-23-7-4-8-24-16)18-17(22)25-11-12-5-2-1-3-6-12/h1-3,5-6,13-14,16,19H,4,7-11H2,(H,18,22)(H,20,21). The molecular weight excluding hydrogens is 330 g/mol. The Morgan fingerprint density at radius 2 is 1.92 bits per heavy atom. The van der Waals surface area contributed by atoms with Crippen molar-refractivity contribution < 1.29 is 34.0 Å². The van der Waals surface area contributed by atoms with E-state index in [1.54, 1.807) is 0 Å². The van der Waals surface area contributed by atoms with Crippen molar-refractivity contribution in [1.82, 2.24) is 5.32 Å². The lowest BCUT2D eigenvalue weighted by atomic mass is 10.1. The van der Waals surface area contributed by atoms with Crippen LogP contribution in [0.2, 0.25) is 0 Å². The summed E-state index contributed by atoms with van der Waals surface area (Å²) in [5.41, 5.74) is 0.838. The van der Waals surface area contributed by atoms with Gasteiger partial charge in [0.05, 0.1) is 31.8 Å². The molecule has 2 unspecified atom stereocenters. The molecule has 1 aromatic rings. The maximum atomic E-state index is 12.0. The van der Waals surface area contributed by atoms with Gasteiger partial charge in [0.15, 0.2) is 6.29 Å². The second-order valence-corrected chi connectivity index (χ2v) is 5.76. The molecule has 25 heavy (non-hydrogen) atoms. The predicted octanol–water partition coefficient (Wildman–Crippen LogP) is 1.27. The van der Waals surface area contributed by atoms with Crippen molar-refractivity contribution in [2.24, 2.45) is 0 Å². The van der Waals surface area contributed by atoms with E-state index in [0.29, 0.717) is 13.2 Å². The van der Waals surface area contributed by atoms with Crippen molar-refractivity contribution >= 4 is 12.1 Å². The van der Waals surface area contributed by atoms with E-state index in [0.717, 1.165) is 12.0 Å². The Bertz CT molecular complexity index is 545. The molecule has 1 fully saturated rings. The van der Waals surface area contributed by atoms with Crippen molar-refractivity contribution in [2.45, 2.75) is 44.3 Å². The second-order valence-electron chi connectivity index (χ2n) is 5.76. The van der Waals surface area contributed by atoms with Gasteiger partial charge in [-0.25, -0.2) is 4.79 Å². The second kappa shape index (κ2) is 9.97. The fourth-order valence-electron chi connectivity index (χ4n) is 2.47. The van der Waals surface area contributed by atoms with E-state index in [1.165, 1.54) is 0 Å². The van der Waals surface area contributed by atoms with Crippen LogP contribution in [0.15, 0.2) is 30.3 Å². The van der Waals surface area contributed by atoms with E-state index in [4.69, 9.17) is 19.3 Å². The van der Waals surface area contributed by atoms with Gasteiger partial charge in [0.2, 0.25) is 0 Å². The highest BCUT2D eigenvalue weighted by Crippen LogP contribution is 2.15. The summed E-state index contributed by atoms with van der Waals surface area (Å²) in [7, 11) is 0. The maximum Gasteiger partial charge on any atom is 0.407 e. The van der Waals surface area contributed by atoms with Gasteiger partial charge in [-0.1, -0.05) is 30.3 Å². The van der Waals surface area contributed by atoms with Crippen molar-refractivity contribution in [3.05, 3.63) is 35.9 Å². The Labute approximate surface area is 145 Å². The Morgan fingerprint density at radius 3 is 2.56 bits per heavy atom. The zero-order chi connectivity index (χ0) is 18.1. The number of hydrogen-bond acceptors (Lipinski definition) is 6. The molecule has 1 amide bonds. The molecule has 1 aliphatic rings. The first-order chi connectivity index (χ1) is 12.0. The monoisotopic (exact) mass is 353 g/mol. The highest BCUT2D eigenvalue weighted by atomic mass is 16.7. The summed E-state index contributed by atoms with van der Waals surface area (Å²) >= 11 is 0. The molecule has 0 bridgehead atoms. The molecular formula is C17H23NO7. The number of aliphatic carboxylic acids is 1. The van der Waals surface area contributed by atoms with Gasteiger partial charge in [-0.05, 0) is 18.4 Å². The molecule has 1 aromatic carbocycles. The number of aliphatic hydroxyl groups is 1. The number of alkyl carbamates (subject to hydrolysis) is 1. The van der Waals surface area contributed by atoms with Crippen LogP contribution in [0.25, 0.3) is 0 Å². The topological polar surface area (TPSA) is 114 Å². The minimum atomic E-state index is -1.13. The van der Waals surface area contributed by atoms with Gasteiger partial charge in [-0.2, -0.15) is 0 Å². The van der Waals surface area contributed by atoms with Gasteiger partial charge in [-0.15, -0.1) is 0 Å². The summed E-state index contributed by atoms with van der Waals surface area (Å²) in [6.07, 6.45) is -2.28. The van der Waals surface area contributed by atoms with Crippen LogP contribution in [-0.2, 0) is 25.6 Å². The third-order valence-electron chi connectivity index (χ3n) is 3.63. The lowest BCUT2D eigenvalue weighted by Crippen LogP contribution is -2.49. The third-order valence-corrected chi connectivity index (χ3v) is 3.63. The molecule has 0 radical (unpaired) electrons. The number of hydrogen-bond donors (Lipinski definition) is 3. The van der Waals surface area contributed by atoms with Crippen molar-refractivity contribution in [3.63, 3.8) is 0 Å². The number of benzene rings is 1. The fraction of sp³-hybridized carbons (Fsp3) is 0.529. The molecule has 0 aromatic heterocycles. The quantitative estimate of drug-likeness (QED) is 0.645. The molecule has 1 heterocycles. The van der Waals surface area contributed by atoms with Crippen LogP contribution in [0.3, 0.4) is 0 Å². The Morgan fingerprint density at radius 1 is 1.24 bits per heavy atom. The first kappa shape index (κ1) is 19.2. The van der Waals surface area contributed by atoms with Crippen molar-refractivity contribution in [1.29, 1.82) is 0 Å². The van der Waals surface area contributed by atoms with Gasteiger partial charge in [0.25, 0.3) is 0 Å². The molecule has 138 valence electrons. The smallest absolute Gasteiger partial charge is 0.407 e. The van der Waals surface area contributed by atoms with E-state index in [9.17, 15) is 14.7 Å². The van der Waals surface area contributed by atoms with E-state index in [2.05, 4.69) is 5.32 Å². The molecule has 2 atom stereocenters. The maximum absolute atomic E-state index is 12.0. The van der Waals surface area contributed by atoms with Gasteiger partial charge < -0.3 is 29.7 Å². The number of carboxylic acids is 1. The number of amides is 1. The van der Waals surface area contributed by atoms with E-state index >= 15 is 0 Å². The lowest BCUT2D eigenvalue weighted by molar-refractivity contribution is -0.195. The molecule has 0 spiro atoms. The molecule has 8 nitrogen and oxygen atoms in total. The summed E-state index contributed by atoms with van der Waals surface area (Å²) in [6, 6.07) is 8.49. The molecule has 0 aliphatic carbocycles. The normalized spacial score (nSPS) is 17.5. The average Bonchev–Trinajstić information content (AvgIpc) is 2.60. The van der Waals surface area contributed by atoms with Crippen LogP contribution in [0.5, 0.6) is 0 Å². The summed E-state index contributed by atoms with van der Waals surface area (Å²) in [6.45, 7) is 1.04. The highest BCUT2D eigenvalue weighted by molar-refractivity contribution is 5.68. The van der Waals surface area contributed by atoms with Crippen LogP contribution in [-0.4, -0.2) is 53.9 Å². The minimum Gasteiger partial charge on any atom is -0.481 e. The first-order valence-electron chi connectivity index (χ1n) is 8.15. The van der Waals surface area contributed by atoms with Crippen molar-refractivity contribution in [3.8, 4) is 0 Å². The zero-order valence-corrected chi connectivity index (χ0v) is 13.8. The summed E-state index contributed by atoms with van der Waals surface area (Å²) in [5, 5.41) is 21.2. The summed E-state index contributed by atoms with van der Waals surface area (Å²) in [5.74, 6) is -1.12. The molecule has 1 aliphatic heterocycles. The largest absolute Gasteiger partial charge is 0.481 e.